The molecular formula is C17H26ClN4O3P. The van der Waals surface area contributed by atoms with E-state index in [0.717, 1.165) is 6.16 Å². The van der Waals surface area contributed by atoms with E-state index in [4.69, 9.17) is 16.3 Å². The van der Waals surface area contributed by atoms with Gasteiger partial charge in [-0.3, -0.25) is 9.36 Å². The van der Waals surface area contributed by atoms with E-state index in [1.807, 2.05) is 6.92 Å². The van der Waals surface area contributed by atoms with Crippen LogP contribution < -0.4 is 5.56 Å². The lowest BCUT2D eigenvalue weighted by Gasteiger charge is -2.19. The van der Waals surface area contributed by atoms with Gasteiger partial charge < -0.3 is 14.8 Å². The number of fused-ring (bicyclic) bond motifs is 1. The highest BCUT2D eigenvalue weighted by Crippen LogP contribution is 2.41. The number of aliphatic hydroxyl groups is 1. The second-order valence-corrected chi connectivity index (χ2v) is 12.3. The Kier molecular flexibility index (Phi) is 5.37. The quantitative estimate of drug-likeness (QED) is 0.591. The number of rotatable bonds is 5. The average molecular weight is 401 g/mol. The Balaban J connectivity index is 2.01. The molecule has 1 aliphatic heterocycles. The summed E-state index contributed by atoms with van der Waals surface area (Å²) in [5.74, 6) is 1.16. The summed E-state index contributed by atoms with van der Waals surface area (Å²) >= 11 is 6.53. The number of nitrogens with one attached hydrogen (secondary N) is 1. The number of nitrogens with zero attached hydrogens (tertiary/aromatic N) is 3. The van der Waals surface area contributed by atoms with E-state index in [9.17, 15) is 9.90 Å². The van der Waals surface area contributed by atoms with Crippen molar-refractivity contribution in [2.24, 2.45) is 0 Å². The minimum Gasteiger partial charge on any atom is -0.389 e. The monoisotopic (exact) mass is 400 g/mol. The van der Waals surface area contributed by atoms with Gasteiger partial charge in [0, 0.05) is 6.42 Å². The Morgan fingerprint density at radius 3 is 2.73 bits per heavy atom. The van der Waals surface area contributed by atoms with E-state index in [1.165, 1.54) is 0 Å². The molecule has 0 saturated carbocycles. The van der Waals surface area contributed by atoms with Gasteiger partial charge in [0.15, 0.2) is 17.4 Å². The number of aliphatic hydroxyl groups excluding tert-OH is 1. The molecule has 3 rings (SSSR count). The van der Waals surface area contributed by atoms with E-state index < -0.39 is 24.6 Å². The molecule has 0 unspecified atom stereocenters. The molecule has 0 radical (unpaired) electrons. The van der Waals surface area contributed by atoms with Crippen molar-refractivity contribution in [2.45, 2.75) is 50.5 Å². The third-order valence-electron chi connectivity index (χ3n) is 4.63. The highest BCUT2D eigenvalue weighted by molar-refractivity contribution is 7.72. The fraction of sp³-hybridized carbons (Fsp3) is 0.647. The van der Waals surface area contributed by atoms with Crippen LogP contribution in [-0.2, 0) is 11.2 Å². The van der Waals surface area contributed by atoms with E-state index in [2.05, 4.69) is 34.6 Å². The molecule has 0 aliphatic carbocycles. The molecule has 2 aromatic rings. The number of aryl methyl sites for hydroxylation is 2. The van der Waals surface area contributed by atoms with Crippen LogP contribution in [0.3, 0.4) is 0 Å². The number of hydrogen-bond acceptors (Lipinski definition) is 5. The van der Waals surface area contributed by atoms with Gasteiger partial charge >= 0.3 is 0 Å². The Labute approximate surface area is 157 Å². The molecule has 0 aromatic carbocycles. The molecule has 4 atom stereocenters. The fourth-order valence-corrected chi connectivity index (χ4v) is 4.57. The molecule has 7 nitrogen and oxygen atoms in total. The number of aromatic nitrogens is 4. The molecule has 26 heavy (non-hydrogen) atoms. The van der Waals surface area contributed by atoms with Crippen molar-refractivity contribution in [1.82, 2.24) is 19.5 Å². The molecule has 0 amide bonds. The number of halogens is 1. The number of imidazole rings is 1. The Hall–Kier alpha value is -1.14. The molecule has 2 N–H and O–H groups in total. The molecule has 9 heteroatoms. The van der Waals surface area contributed by atoms with Gasteiger partial charge in [0.2, 0.25) is 0 Å². The van der Waals surface area contributed by atoms with Crippen LogP contribution in [0.15, 0.2) is 4.79 Å². The maximum absolute atomic E-state index is 12.2. The molecule has 1 aliphatic rings. The SMILES string of the molecule is C=P(C)(C)CC[C@H]1O[C@@H](n2c(CC)nc3c(=O)[nH]c(C)nc32)[C@H](Cl)[C@@H]1O. The van der Waals surface area contributed by atoms with Crippen molar-refractivity contribution in [2.75, 3.05) is 19.5 Å². The smallest absolute Gasteiger partial charge is 0.279 e. The summed E-state index contributed by atoms with van der Waals surface area (Å²) in [5, 5.41) is 9.94. The molecule has 2 aromatic heterocycles. The van der Waals surface area contributed by atoms with Crippen LogP contribution in [-0.4, -0.2) is 68.0 Å². The van der Waals surface area contributed by atoms with E-state index in [1.54, 1.807) is 11.5 Å². The first kappa shape index (κ1) is 19.6. The number of ether oxygens (including phenoxy) is 1. The van der Waals surface area contributed by atoms with Crippen molar-refractivity contribution in [3.8, 4) is 0 Å². The molecular weight excluding hydrogens is 375 g/mol. The van der Waals surface area contributed by atoms with Gasteiger partial charge in [0.1, 0.15) is 23.1 Å². The number of aromatic amines is 1. The second-order valence-electron chi connectivity index (χ2n) is 7.52. The van der Waals surface area contributed by atoms with E-state index in [-0.39, 0.29) is 17.2 Å². The van der Waals surface area contributed by atoms with Gasteiger partial charge in [0.25, 0.3) is 5.56 Å². The van der Waals surface area contributed by atoms with Gasteiger partial charge in [0.05, 0.1) is 6.10 Å². The Morgan fingerprint density at radius 2 is 2.12 bits per heavy atom. The van der Waals surface area contributed by atoms with Crippen molar-refractivity contribution in [3.63, 3.8) is 0 Å². The Bertz CT molecular complexity index is 919. The van der Waals surface area contributed by atoms with Crippen molar-refractivity contribution < 1.29 is 9.84 Å². The van der Waals surface area contributed by atoms with Crippen LogP contribution >= 0.6 is 18.5 Å². The maximum atomic E-state index is 12.2. The summed E-state index contributed by atoms with van der Waals surface area (Å²) in [7, 11) is 0. The van der Waals surface area contributed by atoms with Crippen LogP contribution in [0.2, 0.25) is 0 Å². The van der Waals surface area contributed by atoms with Crippen LogP contribution in [0.5, 0.6) is 0 Å². The van der Waals surface area contributed by atoms with Gasteiger partial charge in [-0.25, -0.2) is 9.97 Å². The minimum absolute atomic E-state index is 0.266. The highest BCUT2D eigenvalue weighted by atomic mass is 35.5. The maximum Gasteiger partial charge on any atom is 0.279 e. The summed E-state index contributed by atoms with van der Waals surface area (Å²) in [6, 6.07) is 0. The van der Waals surface area contributed by atoms with E-state index in [0.29, 0.717) is 30.1 Å². The van der Waals surface area contributed by atoms with Crippen molar-refractivity contribution in [3.05, 3.63) is 22.0 Å². The molecule has 144 valence electrons. The van der Waals surface area contributed by atoms with Crippen molar-refractivity contribution in [1.29, 1.82) is 0 Å². The summed E-state index contributed by atoms with van der Waals surface area (Å²) in [6.07, 6.45) is 4.64. The van der Waals surface area contributed by atoms with Crippen LogP contribution in [0.1, 0.15) is 31.2 Å². The normalized spacial score (nSPS) is 26.7. The molecule has 0 bridgehead atoms. The van der Waals surface area contributed by atoms with Crippen LogP contribution in [0, 0.1) is 6.92 Å². The first-order valence-corrected chi connectivity index (χ1v) is 12.2. The van der Waals surface area contributed by atoms with Crippen molar-refractivity contribution >= 4 is 36.0 Å². The zero-order chi connectivity index (χ0) is 19.2. The topological polar surface area (TPSA) is 93.0 Å². The predicted octanol–water partition coefficient (Wildman–Crippen LogP) is 1.96. The fourth-order valence-electron chi connectivity index (χ4n) is 3.28. The highest BCUT2D eigenvalue weighted by Gasteiger charge is 2.44. The van der Waals surface area contributed by atoms with Gasteiger partial charge in [-0.15, -0.1) is 24.8 Å². The lowest BCUT2D eigenvalue weighted by Crippen LogP contribution is -2.28. The largest absolute Gasteiger partial charge is 0.389 e. The van der Waals surface area contributed by atoms with Crippen LogP contribution in [0.4, 0.5) is 0 Å². The first-order valence-electron chi connectivity index (χ1n) is 8.75. The summed E-state index contributed by atoms with van der Waals surface area (Å²) < 4.78 is 7.90. The predicted molar refractivity (Wildman–Crippen MR) is 107 cm³/mol. The second kappa shape index (κ2) is 7.12. The number of H-pyrrole nitrogens is 1. The summed E-state index contributed by atoms with van der Waals surface area (Å²) in [5.41, 5.74) is 0.421. The van der Waals surface area contributed by atoms with E-state index >= 15 is 0 Å². The number of alkyl halides is 1. The lowest BCUT2D eigenvalue weighted by atomic mass is 10.1. The standard InChI is InChI=1S/C17H26ClN4O3P/c1-6-11-21-13-15(19-9(2)20-16(13)24)22(11)17-12(18)14(23)10(25-17)7-8-26(3,4)5/h10,12,14,17,23H,3,6-8H2,1-2,4-5H3,(H,19,20,24)/t10-,12-,14-,17-/m1/s1. The molecule has 1 saturated heterocycles. The zero-order valence-electron chi connectivity index (χ0n) is 15.6. The van der Waals surface area contributed by atoms with Gasteiger partial charge in [-0.05, 0) is 32.8 Å². The first-order chi connectivity index (χ1) is 12.1. The number of hydrogen-bond donors (Lipinski definition) is 2. The zero-order valence-corrected chi connectivity index (χ0v) is 17.2. The van der Waals surface area contributed by atoms with Gasteiger partial charge in [-0.1, -0.05) is 6.92 Å². The molecule has 0 spiro atoms. The lowest BCUT2D eigenvalue weighted by molar-refractivity contribution is -0.0186. The third-order valence-corrected chi connectivity index (χ3v) is 6.57. The minimum atomic E-state index is -1.22. The third kappa shape index (κ3) is 3.63. The molecule has 3 heterocycles. The summed E-state index contributed by atoms with van der Waals surface area (Å²) in [4.78, 5) is 23.7. The van der Waals surface area contributed by atoms with Gasteiger partial charge in [-0.2, -0.15) is 0 Å². The van der Waals surface area contributed by atoms with Crippen LogP contribution in [0.25, 0.3) is 11.2 Å². The molecule has 1 fully saturated rings. The summed E-state index contributed by atoms with van der Waals surface area (Å²) in [6.45, 7) is 6.75. The average Bonchev–Trinajstić information content (AvgIpc) is 3.04. The Morgan fingerprint density at radius 1 is 1.42 bits per heavy atom.